The van der Waals surface area contributed by atoms with Gasteiger partial charge in [-0.2, -0.15) is 31.4 Å². The molecule has 2 N–H and O–H groups in total. The van der Waals surface area contributed by atoms with Gasteiger partial charge >= 0.3 is 12.4 Å². The fourth-order valence-electron chi connectivity index (χ4n) is 2.26. The van der Waals surface area contributed by atoms with Crippen LogP contribution in [-0.4, -0.2) is 15.8 Å². The molecule has 0 aliphatic rings. The number of nitrogens with zero attached hydrogens (tertiary/aromatic N) is 2. The highest BCUT2D eigenvalue weighted by atomic mass is 19.4. The van der Waals surface area contributed by atoms with Gasteiger partial charge in [0.2, 0.25) is 5.88 Å². The molecule has 0 amide bonds. The molecule has 1 unspecified atom stereocenters. The minimum atomic E-state index is -4.74. The first-order chi connectivity index (χ1) is 11.4. The molecule has 1 aromatic carbocycles. The van der Waals surface area contributed by atoms with Gasteiger partial charge in [-0.3, -0.25) is 0 Å². The minimum absolute atomic E-state index is 0.197. The highest BCUT2D eigenvalue weighted by molar-refractivity contribution is 5.39. The van der Waals surface area contributed by atoms with Crippen molar-refractivity contribution in [1.29, 1.82) is 0 Å². The molecule has 138 valence electrons. The van der Waals surface area contributed by atoms with E-state index in [0.29, 0.717) is 6.07 Å². The van der Waals surface area contributed by atoms with Gasteiger partial charge in [-0.15, -0.1) is 0 Å². The molecular weight excluding hydrogens is 352 g/mol. The summed E-state index contributed by atoms with van der Waals surface area (Å²) in [7, 11) is 1.21. The molecular formula is C15H15F6N3O. The van der Waals surface area contributed by atoms with Crippen molar-refractivity contribution in [2.75, 3.05) is 0 Å². The average molecular weight is 367 g/mol. The Morgan fingerprint density at radius 1 is 1.16 bits per heavy atom. The summed E-state index contributed by atoms with van der Waals surface area (Å²) in [5, 5.41) is 3.39. The van der Waals surface area contributed by atoms with E-state index in [4.69, 9.17) is 10.5 Å². The topological polar surface area (TPSA) is 53.1 Å². The molecule has 1 aromatic heterocycles. The lowest BCUT2D eigenvalue weighted by Gasteiger charge is -2.13. The van der Waals surface area contributed by atoms with E-state index in [-0.39, 0.29) is 23.6 Å². The SMILES string of the molecule is CC(N)Cc1c(C(F)(F)F)nn(C)c1Oc1cccc(C(F)(F)F)c1. The Hall–Kier alpha value is -2.23. The average Bonchev–Trinajstić information content (AvgIpc) is 2.75. The first-order valence-electron chi connectivity index (χ1n) is 7.13. The van der Waals surface area contributed by atoms with Crippen LogP contribution in [0.3, 0.4) is 0 Å². The summed E-state index contributed by atoms with van der Waals surface area (Å²) in [6.45, 7) is 1.50. The predicted molar refractivity (Wildman–Crippen MR) is 77.1 cm³/mol. The van der Waals surface area contributed by atoms with Gasteiger partial charge in [-0.1, -0.05) is 6.07 Å². The Balaban J connectivity index is 2.48. The zero-order valence-corrected chi connectivity index (χ0v) is 13.2. The van der Waals surface area contributed by atoms with Crippen LogP contribution in [0.25, 0.3) is 0 Å². The number of alkyl halides is 6. The molecule has 2 aromatic rings. The van der Waals surface area contributed by atoms with Gasteiger partial charge in [0.25, 0.3) is 0 Å². The molecule has 4 nitrogen and oxygen atoms in total. The third-order valence-corrected chi connectivity index (χ3v) is 3.26. The van der Waals surface area contributed by atoms with Crippen molar-refractivity contribution >= 4 is 0 Å². The molecule has 1 atom stereocenters. The quantitative estimate of drug-likeness (QED) is 0.827. The van der Waals surface area contributed by atoms with E-state index in [9.17, 15) is 26.3 Å². The van der Waals surface area contributed by atoms with E-state index in [0.717, 1.165) is 16.8 Å². The highest BCUT2D eigenvalue weighted by Gasteiger charge is 2.39. The fourth-order valence-corrected chi connectivity index (χ4v) is 2.26. The number of aryl methyl sites for hydroxylation is 1. The first kappa shape index (κ1) is 19.1. The number of hydrogen-bond donors (Lipinski definition) is 1. The minimum Gasteiger partial charge on any atom is -0.439 e. The van der Waals surface area contributed by atoms with Crippen LogP contribution in [0.1, 0.15) is 23.7 Å². The van der Waals surface area contributed by atoms with E-state index in [1.54, 1.807) is 0 Å². The summed E-state index contributed by atoms with van der Waals surface area (Å²) in [4.78, 5) is 0. The molecule has 10 heteroatoms. The lowest BCUT2D eigenvalue weighted by atomic mass is 10.1. The molecule has 0 aliphatic heterocycles. The van der Waals surface area contributed by atoms with Crippen LogP contribution in [0.5, 0.6) is 11.6 Å². The summed E-state index contributed by atoms with van der Waals surface area (Å²) >= 11 is 0. The summed E-state index contributed by atoms with van der Waals surface area (Å²) in [6.07, 6.45) is -9.54. The van der Waals surface area contributed by atoms with Crippen LogP contribution in [0, 0.1) is 0 Å². The van der Waals surface area contributed by atoms with E-state index < -0.39 is 29.7 Å². The van der Waals surface area contributed by atoms with Crippen LogP contribution in [0.2, 0.25) is 0 Å². The lowest BCUT2D eigenvalue weighted by molar-refractivity contribution is -0.142. The zero-order valence-electron chi connectivity index (χ0n) is 13.2. The normalized spacial score (nSPS) is 13.8. The van der Waals surface area contributed by atoms with Gasteiger partial charge < -0.3 is 10.5 Å². The maximum atomic E-state index is 13.1. The van der Waals surface area contributed by atoms with Crippen LogP contribution < -0.4 is 10.5 Å². The smallest absolute Gasteiger partial charge is 0.435 e. The van der Waals surface area contributed by atoms with Gasteiger partial charge in [0.15, 0.2) is 5.69 Å². The van der Waals surface area contributed by atoms with E-state index in [1.807, 2.05) is 0 Å². The number of ether oxygens (including phenoxy) is 1. The van der Waals surface area contributed by atoms with Crippen molar-refractivity contribution in [3.63, 3.8) is 0 Å². The van der Waals surface area contributed by atoms with E-state index >= 15 is 0 Å². The summed E-state index contributed by atoms with van der Waals surface area (Å²) < 4.78 is 83.8. The van der Waals surface area contributed by atoms with Crippen LogP contribution in [0.4, 0.5) is 26.3 Å². The van der Waals surface area contributed by atoms with Crippen molar-refractivity contribution in [3.8, 4) is 11.6 Å². The second-order valence-corrected chi connectivity index (χ2v) is 5.56. The monoisotopic (exact) mass is 367 g/mol. The van der Waals surface area contributed by atoms with Gasteiger partial charge in [0.05, 0.1) is 5.56 Å². The van der Waals surface area contributed by atoms with Crippen molar-refractivity contribution in [2.45, 2.75) is 31.7 Å². The lowest BCUT2D eigenvalue weighted by Crippen LogP contribution is -2.20. The molecule has 1 heterocycles. The Morgan fingerprint density at radius 2 is 1.80 bits per heavy atom. The van der Waals surface area contributed by atoms with Crippen molar-refractivity contribution < 1.29 is 31.1 Å². The molecule has 0 bridgehead atoms. The Bertz CT molecular complexity index is 749. The number of benzene rings is 1. The number of halogens is 6. The summed E-state index contributed by atoms with van der Waals surface area (Å²) in [6, 6.07) is 3.22. The molecule has 0 saturated heterocycles. The first-order valence-corrected chi connectivity index (χ1v) is 7.13. The third-order valence-electron chi connectivity index (χ3n) is 3.26. The summed E-state index contributed by atoms with van der Waals surface area (Å²) in [5.41, 5.74) is 3.13. The molecule has 2 rings (SSSR count). The number of aromatic nitrogens is 2. The van der Waals surface area contributed by atoms with Crippen molar-refractivity contribution in [2.24, 2.45) is 12.8 Å². The van der Waals surface area contributed by atoms with Gasteiger partial charge in [-0.25, -0.2) is 4.68 Å². The van der Waals surface area contributed by atoms with Crippen LogP contribution in [0.15, 0.2) is 24.3 Å². The fraction of sp³-hybridized carbons (Fsp3) is 0.400. The Kier molecular flexibility index (Phi) is 5.03. The molecule has 0 aliphatic carbocycles. The maximum Gasteiger partial charge on any atom is 0.435 e. The standard InChI is InChI=1S/C15H15F6N3O/c1-8(22)6-11-12(15(19,20)21)23-24(2)13(11)25-10-5-3-4-9(7-10)14(16,17)18/h3-5,7-8H,6,22H2,1-2H3. The summed E-state index contributed by atoms with van der Waals surface area (Å²) in [5.74, 6) is -0.554. The second-order valence-electron chi connectivity index (χ2n) is 5.56. The predicted octanol–water partition coefficient (Wildman–Crippen LogP) is 4.14. The molecule has 0 saturated carbocycles. The van der Waals surface area contributed by atoms with Crippen molar-refractivity contribution in [3.05, 3.63) is 41.1 Å². The molecule has 0 spiro atoms. The third kappa shape index (κ3) is 4.44. The number of hydrogen-bond acceptors (Lipinski definition) is 3. The van der Waals surface area contributed by atoms with E-state index in [1.165, 1.54) is 20.0 Å². The van der Waals surface area contributed by atoms with Crippen LogP contribution >= 0.6 is 0 Å². The number of rotatable bonds is 4. The second kappa shape index (κ2) is 6.58. The molecule has 0 fully saturated rings. The Labute approximate surface area is 139 Å². The zero-order chi connectivity index (χ0) is 19.0. The van der Waals surface area contributed by atoms with Gasteiger partial charge in [0.1, 0.15) is 5.75 Å². The highest BCUT2D eigenvalue weighted by Crippen LogP contribution is 2.38. The van der Waals surface area contributed by atoms with Gasteiger partial charge in [0, 0.05) is 18.7 Å². The van der Waals surface area contributed by atoms with Gasteiger partial charge in [-0.05, 0) is 31.5 Å². The molecule has 25 heavy (non-hydrogen) atoms. The van der Waals surface area contributed by atoms with Crippen LogP contribution in [-0.2, 0) is 25.8 Å². The molecule has 0 radical (unpaired) electrons. The Morgan fingerprint density at radius 3 is 2.32 bits per heavy atom. The maximum absolute atomic E-state index is 13.1. The largest absolute Gasteiger partial charge is 0.439 e. The van der Waals surface area contributed by atoms with Crippen molar-refractivity contribution in [1.82, 2.24) is 9.78 Å². The van der Waals surface area contributed by atoms with E-state index in [2.05, 4.69) is 5.10 Å². The number of nitrogens with two attached hydrogens (primary N) is 1.